The van der Waals surface area contributed by atoms with Crippen LogP contribution in [-0.2, 0) is 19.0 Å². The molecule has 23 heavy (non-hydrogen) atoms. The summed E-state index contributed by atoms with van der Waals surface area (Å²) in [5.74, 6) is -1.40. The fourth-order valence-corrected chi connectivity index (χ4v) is 3.22. The third kappa shape index (κ3) is 3.76. The van der Waals surface area contributed by atoms with Gasteiger partial charge in [0.05, 0.1) is 25.1 Å². The van der Waals surface area contributed by atoms with Crippen molar-refractivity contribution in [1.82, 2.24) is 4.90 Å². The molecule has 2 N–H and O–H groups in total. The van der Waals surface area contributed by atoms with Gasteiger partial charge in [0, 0.05) is 0 Å². The minimum absolute atomic E-state index is 0.152. The van der Waals surface area contributed by atoms with Crippen LogP contribution >= 0.6 is 0 Å². The van der Waals surface area contributed by atoms with Gasteiger partial charge in [0.2, 0.25) is 0 Å². The Hall–Kier alpha value is -1.38. The summed E-state index contributed by atoms with van der Waals surface area (Å²) in [6.07, 6.45) is -2.61. The highest BCUT2D eigenvalue weighted by molar-refractivity contribution is 5.73. The Kier molecular flexibility index (Phi) is 4.62. The van der Waals surface area contributed by atoms with Crippen LogP contribution in [0.5, 0.6) is 0 Å². The third-order valence-corrected chi connectivity index (χ3v) is 3.84. The van der Waals surface area contributed by atoms with Crippen molar-refractivity contribution in [3.05, 3.63) is 0 Å². The number of rotatable bonds is 3. The number of ether oxygens (including phenoxy) is 3. The number of hydrogen-bond acceptors (Lipinski definition) is 6. The zero-order chi connectivity index (χ0) is 17.6. The zero-order valence-corrected chi connectivity index (χ0v) is 14.1. The number of nitrogens with zero attached hydrogens (tertiary/aromatic N) is 1. The number of carbonyl (C=O) groups excluding carboxylic acids is 1. The summed E-state index contributed by atoms with van der Waals surface area (Å²) in [7, 11) is 0. The number of amides is 1. The molecule has 0 spiro atoms. The quantitative estimate of drug-likeness (QED) is 0.742. The fraction of sp³-hybridized carbons (Fsp3) is 0.867. The lowest BCUT2D eigenvalue weighted by Gasteiger charge is -2.31. The molecule has 2 heterocycles. The van der Waals surface area contributed by atoms with E-state index in [1.54, 1.807) is 34.6 Å². The standard InChI is InChI=1S/C15H25NO7/c1-14(2,3)21-10(18)6-8-11-12(23-15(4,5)22-11)9(7-17)16(8)13(19)20/h8-9,11-12,17H,6-7H2,1-5H3,(H,19,20). The second kappa shape index (κ2) is 5.92. The Morgan fingerprint density at radius 3 is 2.13 bits per heavy atom. The van der Waals surface area contributed by atoms with Crippen molar-refractivity contribution in [2.24, 2.45) is 0 Å². The number of aliphatic hydroxyl groups is 1. The van der Waals surface area contributed by atoms with E-state index in [0.717, 1.165) is 4.90 Å². The summed E-state index contributed by atoms with van der Waals surface area (Å²) in [6, 6.07) is -1.53. The van der Waals surface area contributed by atoms with Gasteiger partial charge in [0.1, 0.15) is 17.8 Å². The lowest BCUT2D eigenvalue weighted by atomic mass is 10.1. The van der Waals surface area contributed by atoms with Crippen molar-refractivity contribution >= 4 is 12.1 Å². The normalized spacial score (nSPS) is 32.7. The summed E-state index contributed by atoms with van der Waals surface area (Å²) in [5.41, 5.74) is -0.661. The van der Waals surface area contributed by atoms with Crippen LogP contribution in [0.25, 0.3) is 0 Å². The lowest BCUT2D eigenvalue weighted by molar-refractivity contribution is -0.172. The number of aliphatic hydroxyl groups excluding tert-OH is 1. The van der Waals surface area contributed by atoms with Crippen molar-refractivity contribution in [1.29, 1.82) is 0 Å². The molecule has 8 nitrogen and oxygen atoms in total. The van der Waals surface area contributed by atoms with E-state index in [1.807, 2.05) is 0 Å². The molecule has 4 atom stereocenters. The highest BCUT2D eigenvalue weighted by atomic mass is 16.8. The second-order valence-corrected chi connectivity index (χ2v) is 7.36. The van der Waals surface area contributed by atoms with Gasteiger partial charge in [-0.05, 0) is 34.6 Å². The third-order valence-electron chi connectivity index (χ3n) is 3.84. The molecule has 2 fully saturated rings. The average Bonchev–Trinajstić information content (AvgIpc) is 2.78. The summed E-state index contributed by atoms with van der Waals surface area (Å²) >= 11 is 0. The summed E-state index contributed by atoms with van der Waals surface area (Å²) in [5, 5.41) is 19.1. The van der Waals surface area contributed by atoms with Crippen molar-refractivity contribution < 1.29 is 34.0 Å². The van der Waals surface area contributed by atoms with Gasteiger partial charge in [-0.1, -0.05) is 0 Å². The van der Waals surface area contributed by atoms with Crippen LogP contribution < -0.4 is 0 Å². The largest absolute Gasteiger partial charge is 0.465 e. The molecule has 4 unspecified atom stereocenters. The minimum atomic E-state index is -1.22. The Bertz CT molecular complexity index is 485. The average molecular weight is 331 g/mol. The maximum Gasteiger partial charge on any atom is 0.408 e. The monoisotopic (exact) mass is 331 g/mol. The molecule has 0 radical (unpaired) electrons. The number of likely N-dealkylation sites (tertiary alicyclic amines) is 1. The Labute approximate surface area is 135 Å². The highest BCUT2D eigenvalue weighted by Gasteiger charge is 2.59. The predicted molar refractivity (Wildman–Crippen MR) is 78.8 cm³/mol. The van der Waals surface area contributed by atoms with Crippen LogP contribution in [0.2, 0.25) is 0 Å². The Balaban J connectivity index is 2.23. The molecular formula is C15H25NO7. The number of carboxylic acid groups (broad SMARTS) is 1. The molecule has 1 amide bonds. The molecule has 132 valence electrons. The van der Waals surface area contributed by atoms with Crippen LogP contribution in [0.1, 0.15) is 41.0 Å². The number of fused-ring (bicyclic) bond motifs is 1. The van der Waals surface area contributed by atoms with Crippen LogP contribution in [0, 0.1) is 0 Å². The van der Waals surface area contributed by atoms with Crippen molar-refractivity contribution in [3.8, 4) is 0 Å². The van der Waals surface area contributed by atoms with E-state index in [4.69, 9.17) is 14.2 Å². The van der Waals surface area contributed by atoms with Gasteiger partial charge < -0.3 is 24.4 Å². The van der Waals surface area contributed by atoms with Gasteiger partial charge in [-0.15, -0.1) is 0 Å². The first kappa shape index (κ1) is 18.0. The van der Waals surface area contributed by atoms with Crippen molar-refractivity contribution in [2.75, 3.05) is 6.61 Å². The lowest BCUT2D eigenvalue weighted by Crippen LogP contribution is -2.48. The smallest absolute Gasteiger partial charge is 0.408 e. The molecular weight excluding hydrogens is 306 g/mol. The van der Waals surface area contributed by atoms with Gasteiger partial charge in [0.25, 0.3) is 0 Å². The first-order valence-corrected chi connectivity index (χ1v) is 7.65. The molecule has 0 aromatic rings. The zero-order valence-electron chi connectivity index (χ0n) is 14.1. The molecule has 0 saturated carbocycles. The van der Waals surface area contributed by atoms with E-state index < -0.39 is 54.3 Å². The van der Waals surface area contributed by atoms with E-state index in [1.165, 1.54) is 0 Å². The summed E-state index contributed by atoms with van der Waals surface area (Å²) in [4.78, 5) is 24.8. The van der Waals surface area contributed by atoms with Gasteiger partial charge in [-0.3, -0.25) is 9.69 Å². The molecule has 8 heteroatoms. The first-order valence-electron chi connectivity index (χ1n) is 7.65. The van der Waals surface area contributed by atoms with E-state index in [2.05, 4.69) is 0 Å². The number of hydrogen-bond donors (Lipinski definition) is 2. The summed E-state index contributed by atoms with van der Waals surface area (Å²) in [6.45, 7) is 8.26. The minimum Gasteiger partial charge on any atom is -0.465 e. The summed E-state index contributed by atoms with van der Waals surface area (Å²) < 4.78 is 16.8. The molecule has 2 aliphatic rings. The Morgan fingerprint density at radius 2 is 1.70 bits per heavy atom. The van der Waals surface area contributed by atoms with E-state index in [9.17, 15) is 19.8 Å². The van der Waals surface area contributed by atoms with Crippen LogP contribution in [0.15, 0.2) is 0 Å². The first-order chi connectivity index (χ1) is 10.4. The van der Waals surface area contributed by atoms with Gasteiger partial charge in [-0.2, -0.15) is 0 Å². The second-order valence-electron chi connectivity index (χ2n) is 7.36. The molecule has 0 aliphatic carbocycles. The molecule has 0 aromatic carbocycles. The maximum absolute atomic E-state index is 12.1. The number of esters is 1. The van der Waals surface area contributed by atoms with Crippen LogP contribution in [0.4, 0.5) is 4.79 Å². The Morgan fingerprint density at radius 1 is 1.17 bits per heavy atom. The molecule has 2 rings (SSSR count). The topological polar surface area (TPSA) is 106 Å². The van der Waals surface area contributed by atoms with E-state index in [-0.39, 0.29) is 6.42 Å². The van der Waals surface area contributed by atoms with E-state index >= 15 is 0 Å². The molecule has 0 bridgehead atoms. The van der Waals surface area contributed by atoms with Crippen molar-refractivity contribution in [3.63, 3.8) is 0 Å². The highest BCUT2D eigenvalue weighted by Crippen LogP contribution is 2.41. The molecule has 0 aromatic heterocycles. The van der Waals surface area contributed by atoms with Crippen LogP contribution in [-0.4, -0.2) is 69.5 Å². The predicted octanol–water partition coefficient (Wildman–Crippen LogP) is 0.961. The molecule has 2 aliphatic heterocycles. The van der Waals surface area contributed by atoms with E-state index in [0.29, 0.717) is 0 Å². The number of carbonyl (C=O) groups is 2. The molecule has 2 saturated heterocycles. The van der Waals surface area contributed by atoms with Gasteiger partial charge in [-0.25, -0.2) is 4.79 Å². The fourth-order valence-electron chi connectivity index (χ4n) is 3.22. The van der Waals surface area contributed by atoms with Crippen molar-refractivity contribution in [2.45, 2.75) is 76.7 Å². The maximum atomic E-state index is 12.1. The van der Waals surface area contributed by atoms with Gasteiger partial charge >= 0.3 is 12.1 Å². The van der Waals surface area contributed by atoms with Gasteiger partial charge in [0.15, 0.2) is 5.79 Å². The van der Waals surface area contributed by atoms with Crippen LogP contribution in [0.3, 0.4) is 0 Å². The SMILES string of the molecule is CC(C)(C)OC(=O)CC1C2OC(C)(C)OC2C(CO)N1C(=O)O.